The second-order valence-electron chi connectivity index (χ2n) is 7.46. The van der Waals surface area contributed by atoms with Gasteiger partial charge in [0.2, 0.25) is 0 Å². The van der Waals surface area contributed by atoms with Crippen molar-refractivity contribution >= 4 is 18.2 Å². The highest BCUT2D eigenvalue weighted by Gasteiger charge is 2.37. The molecule has 4 unspecified atom stereocenters. The summed E-state index contributed by atoms with van der Waals surface area (Å²) >= 11 is 0. The molecule has 0 aromatic heterocycles. The van der Waals surface area contributed by atoms with E-state index < -0.39 is 24.3 Å². The van der Waals surface area contributed by atoms with E-state index in [4.69, 9.17) is 4.43 Å². The van der Waals surface area contributed by atoms with Crippen LogP contribution in [0.1, 0.15) is 34.6 Å². The topological polar surface area (TPSA) is 63.6 Å². The Morgan fingerprint density at radius 1 is 1.11 bits per heavy atom. The third-order valence-electron chi connectivity index (χ3n) is 5.79. The quantitative estimate of drug-likeness (QED) is 0.371. The van der Waals surface area contributed by atoms with Crippen LogP contribution in [0, 0.1) is 11.8 Å². The summed E-state index contributed by atoms with van der Waals surface area (Å²) in [6, 6.07) is 11.3. The van der Waals surface area contributed by atoms with Crippen molar-refractivity contribution < 1.29 is 18.0 Å². The maximum atomic E-state index is 12.4. The van der Waals surface area contributed by atoms with Crippen molar-refractivity contribution in [1.82, 2.24) is 0 Å². The molecule has 28 heavy (non-hydrogen) atoms. The number of benzene rings is 1. The summed E-state index contributed by atoms with van der Waals surface area (Å²) < 4.78 is 31.6. The number of rotatable bonds is 12. The zero-order chi connectivity index (χ0) is 21.4. The molecule has 0 radical (unpaired) electrons. The van der Waals surface area contributed by atoms with Crippen LogP contribution >= 0.6 is 0 Å². The summed E-state index contributed by atoms with van der Waals surface area (Å²) in [5.74, 6) is -0.202. The molecule has 0 fully saturated rings. The predicted octanol–water partition coefficient (Wildman–Crippen LogP) is 5.18. The normalized spacial score (nSPS) is 17.2. The van der Waals surface area contributed by atoms with Crippen molar-refractivity contribution in [1.29, 1.82) is 0 Å². The molecule has 0 saturated heterocycles. The average Bonchev–Trinajstić information content (AvgIpc) is 2.73. The fraction of sp³-hybridized carbons (Fsp3) is 0.545. The first kappa shape index (κ1) is 24.8. The Labute approximate surface area is 172 Å². The Bertz CT molecular complexity index is 718. The number of hydrogen-bond donors (Lipinski definition) is 1. The Morgan fingerprint density at radius 3 is 2.11 bits per heavy atom. The van der Waals surface area contributed by atoms with Crippen LogP contribution in [0.3, 0.4) is 0 Å². The molecule has 0 spiro atoms. The molecule has 6 heteroatoms. The first-order valence-electron chi connectivity index (χ1n) is 10.1. The van der Waals surface area contributed by atoms with E-state index in [1.165, 1.54) is 6.08 Å². The molecule has 0 aliphatic carbocycles. The Balaban J connectivity index is 3.05. The van der Waals surface area contributed by atoms with E-state index in [0.717, 1.165) is 23.5 Å². The van der Waals surface area contributed by atoms with Gasteiger partial charge in [-0.3, -0.25) is 0 Å². The van der Waals surface area contributed by atoms with Crippen molar-refractivity contribution in [2.75, 3.05) is 0 Å². The molecule has 0 heterocycles. The van der Waals surface area contributed by atoms with Crippen molar-refractivity contribution in [2.24, 2.45) is 11.8 Å². The van der Waals surface area contributed by atoms with E-state index in [1.54, 1.807) is 30.3 Å². The lowest BCUT2D eigenvalue weighted by Gasteiger charge is -2.39. The Hall–Kier alpha value is -1.21. The molecule has 1 aromatic carbocycles. The monoisotopic (exact) mass is 424 g/mol. The Kier molecular flexibility index (Phi) is 9.84. The van der Waals surface area contributed by atoms with Gasteiger partial charge in [0.05, 0.1) is 17.1 Å². The van der Waals surface area contributed by atoms with Crippen LogP contribution < -0.4 is 0 Å². The van der Waals surface area contributed by atoms with Gasteiger partial charge in [-0.25, -0.2) is 8.42 Å². The van der Waals surface area contributed by atoms with Gasteiger partial charge in [0.15, 0.2) is 18.2 Å². The fourth-order valence-corrected chi connectivity index (χ4v) is 7.43. The fourth-order valence-electron chi connectivity index (χ4n) is 3.36. The molecule has 4 atom stereocenters. The molecular weight excluding hydrogens is 388 g/mol. The summed E-state index contributed by atoms with van der Waals surface area (Å²) in [6.45, 7) is 14.3. The predicted molar refractivity (Wildman–Crippen MR) is 119 cm³/mol. The number of sulfone groups is 1. The first-order valence-corrected chi connectivity index (χ1v) is 14.2. The van der Waals surface area contributed by atoms with Crippen LogP contribution in [0.5, 0.6) is 0 Å². The summed E-state index contributed by atoms with van der Waals surface area (Å²) in [5, 5.41) is 11.8. The first-order chi connectivity index (χ1) is 13.2. The third-order valence-corrected chi connectivity index (χ3v) is 11.9. The molecule has 4 nitrogen and oxygen atoms in total. The molecule has 0 aliphatic heterocycles. The van der Waals surface area contributed by atoms with Gasteiger partial charge in [-0.05, 0) is 42.3 Å². The van der Waals surface area contributed by atoms with Crippen LogP contribution in [0.15, 0.2) is 59.4 Å². The van der Waals surface area contributed by atoms with Gasteiger partial charge >= 0.3 is 0 Å². The highest BCUT2D eigenvalue weighted by molar-refractivity contribution is 7.94. The lowest BCUT2D eigenvalue weighted by Crippen LogP contribution is -2.46. The van der Waals surface area contributed by atoms with Gasteiger partial charge in [-0.15, -0.1) is 6.58 Å². The summed E-state index contributed by atoms with van der Waals surface area (Å²) in [5.41, 5.74) is 0. The minimum atomic E-state index is -3.58. The minimum absolute atomic E-state index is 0.0558. The molecule has 1 N–H and O–H groups in total. The van der Waals surface area contributed by atoms with Gasteiger partial charge in [-0.1, -0.05) is 58.9 Å². The molecule has 0 amide bonds. The summed E-state index contributed by atoms with van der Waals surface area (Å²) in [7, 11) is -5.46. The van der Waals surface area contributed by atoms with E-state index in [2.05, 4.69) is 27.4 Å². The largest absolute Gasteiger partial charge is 0.413 e. The van der Waals surface area contributed by atoms with Crippen LogP contribution in [-0.2, 0) is 14.3 Å². The van der Waals surface area contributed by atoms with Crippen molar-refractivity contribution in [3.8, 4) is 0 Å². The molecule has 1 aromatic rings. The molecule has 158 valence electrons. The van der Waals surface area contributed by atoms with Crippen molar-refractivity contribution in [3.63, 3.8) is 0 Å². The Morgan fingerprint density at radius 2 is 1.64 bits per heavy atom. The van der Waals surface area contributed by atoms with E-state index >= 15 is 0 Å². The zero-order valence-electron chi connectivity index (χ0n) is 17.8. The lowest BCUT2D eigenvalue weighted by atomic mass is 9.89. The third kappa shape index (κ3) is 6.41. The summed E-state index contributed by atoms with van der Waals surface area (Å²) in [4.78, 5) is 0.215. The van der Waals surface area contributed by atoms with E-state index in [0.29, 0.717) is 0 Å². The molecule has 1 rings (SSSR count). The number of hydrogen-bond acceptors (Lipinski definition) is 4. The smallest absolute Gasteiger partial charge is 0.199 e. The van der Waals surface area contributed by atoms with Crippen LogP contribution in [-0.4, -0.2) is 34.0 Å². The van der Waals surface area contributed by atoms with Crippen molar-refractivity contribution in [3.05, 3.63) is 54.5 Å². The molecule has 0 saturated carbocycles. The second kappa shape index (κ2) is 11.1. The van der Waals surface area contributed by atoms with Crippen molar-refractivity contribution in [2.45, 2.75) is 69.9 Å². The van der Waals surface area contributed by atoms with Crippen LogP contribution in [0.4, 0.5) is 0 Å². The highest BCUT2D eigenvalue weighted by Crippen LogP contribution is 2.31. The highest BCUT2D eigenvalue weighted by atomic mass is 32.2. The minimum Gasteiger partial charge on any atom is -0.413 e. The standard InChI is InChI=1S/C22H36O4SSi/c1-7-18(5)22(26-28(8-2,9-3)10-4)19(6)21(23)16-17-27(24,25)20-14-12-11-13-15-20/h7,11-19,21-23H,1,8-10H2,2-6H3/b17-16+. The lowest BCUT2D eigenvalue weighted by molar-refractivity contribution is 0.0335. The van der Waals surface area contributed by atoms with E-state index in [-0.39, 0.29) is 22.8 Å². The van der Waals surface area contributed by atoms with Gasteiger partial charge < -0.3 is 9.53 Å². The van der Waals surface area contributed by atoms with Gasteiger partial charge in [-0.2, -0.15) is 0 Å². The maximum absolute atomic E-state index is 12.4. The average molecular weight is 425 g/mol. The van der Waals surface area contributed by atoms with Crippen LogP contribution in [0.25, 0.3) is 0 Å². The van der Waals surface area contributed by atoms with Gasteiger partial charge in [0, 0.05) is 11.3 Å². The van der Waals surface area contributed by atoms with E-state index in [9.17, 15) is 13.5 Å². The molecular formula is C22H36O4SSi. The van der Waals surface area contributed by atoms with E-state index in [1.807, 2.05) is 19.9 Å². The number of aliphatic hydroxyl groups is 1. The van der Waals surface area contributed by atoms with Gasteiger partial charge in [0.25, 0.3) is 0 Å². The summed E-state index contributed by atoms with van der Waals surface area (Å²) in [6.07, 6.45) is 2.08. The zero-order valence-corrected chi connectivity index (χ0v) is 19.7. The molecule has 0 aliphatic rings. The maximum Gasteiger partial charge on any atom is 0.199 e. The van der Waals surface area contributed by atoms with Crippen LogP contribution in [0.2, 0.25) is 18.1 Å². The second-order valence-corrected chi connectivity index (χ2v) is 14.0. The SMILES string of the molecule is C=CC(C)C(O[Si](CC)(CC)CC)C(C)C(O)/C=C/S(=O)(=O)c1ccccc1. The van der Waals surface area contributed by atoms with Gasteiger partial charge in [0.1, 0.15) is 0 Å². The molecule has 0 bridgehead atoms. The number of aliphatic hydroxyl groups excluding tert-OH is 1.